The van der Waals surface area contributed by atoms with Gasteiger partial charge in [0.05, 0.1) is 4.90 Å². The molecule has 29 heavy (non-hydrogen) atoms. The number of aryl methyl sites for hydroxylation is 2. The van der Waals surface area contributed by atoms with Gasteiger partial charge in [0.25, 0.3) is 0 Å². The first-order valence-electron chi connectivity index (χ1n) is 9.46. The molecule has 4 rings (SSSR count). The predicted molar refractivity (Wildman–Crippen MR) is 104 cm³/mol. The highest BCUT2D eigenvalue weighted by molar-refractivity contribution is 7.86. The van der Waals surface area contributed by atoms with Gasteiger partial charge in [-0.05, 0) is 62.4 Å². The van der Waals surface area contributed by atoms with Crippen molar-refractivity contribution in [3.63, 3.8) is 0 Å². The van der Waals surface area contributed by atoms with Crippen molar-refractivity contribution in [1.29, 1.82) is 0 Å². The molecule has 1 heterocycles. The Balaban J connectivity index is 1.59. The molecule has 3 atom stereocenters. The van der Waals surface area contributed by atoms with Crippen LogP contribution in [0, 0.1) is 13.8 Å². The monoisotopic (exact) mass is 418 g/mol. The van der Waals surface area contributed by atoms with Crippen LogP contribution in [0.1, 0.15) is 41.9 Å². The molecule has 154 valence electrons. The van der Waals surface area contributed by atoms with Gasteiger partial charge in [-0.1, -0.05) is 18.2 Å². The smallest absolute Gasteiger partial charge is 0.375 e. The van der Waals surface area contributed by atoms with E-state index in [0.29, 0.717) is 5.75 Å². The van der Waals surface area contributed by atoms with Crippen molar-refractivity contribution in [1.82, 2.24) is 0 Å². The van der Waals surface area contributed by atoms with Gasteiger partial charge in [-0.2, -0.15) is 8.42 Å². The Labute approximate surface area is 169 Å². The summed E-state index contributed by atoms with van der Waals surface area (Å²) >= 11 is 0. The Morgan fingerprint density at radius 2 is 1.97 bits per heavy atom. The van der Waals surface area contributed by atoms with Gasteiger partial charge in [-0.15, -0.1) is 0 Å². The second kappa shape index (κ2) is 7.35. The Morgan fingerprint density at radius 1 is 1.17 bits per heavy atom. The highest BCUT2D eigenvalue weighted by Crippen LogP contribution is 2.50. The molecule has 1 saturated carbocycles. The van der Waals surface area contributed by atoms with Gasteiger partial charge < -0.3 is 14.6 Å². The quantitative estimate of drug-likeness (QED) is 0.566. The molecule has 1 fully saturated rings. The van der Waals surface area contributed by atoms with Crippen LogP contribution in [0.5, 0.6) is 11.5 Å². The lowest BCUT2D eigenvalue weighted by Crippen LogP contribution is -2.32. The highest BCUT2D eigenvalue weighted by atomic mass is 32.2. The Bertz CT molecular complexity index is 1060. The van der Waals surface area contributed by atoms with Crippen molar-refractivity contribution in [2.24, 2.45) is 0 Å². The van der Waals surface area contributed by atoms with Gasteiger partial charge in [0.1, 0.15) is 6.10 Å². The van der Waals surface area contributed by atoms with E-state index in [1.807, 2.05) is 13.0 Å². The molecule has 2 aromatic carbocycles. The van der Waals surface area contributed by atoms with Gasteiger partial charge in [0, 0.05) is 11.5 Å². The molecule has 2 aromatic rings. The van der Waals surface area contributed by atoms with Gasteiger partial charge in [-0.25, -0.2) is 8.98 Å². The molecule has 0 spiro atoms. The van der Waals surface area contributed by atoms with Crippen molar-refractivity contribution in [2.75, 3.05) is 0 Å². The standard InChI is InChI=1S/C21H22O7S/c1-12-9-10-14(11-13(12)2)29(24,25)28-21(20(22)23)27-18-8-4-6-16-15-5-3-7-17(15)26-19(16)18/h4,6,8-11,15,17,21H,3,5,7H2,1-2H3,(H,22,23). The highest BCUT2D eigenvalue weighted by Gasteiger charge is 2.40. The summed E-state index contributed by atoms with van der Waals surface area (Å²) in [6, 6.07) is 9.69. The SMILES string of the molecule is Cc1ccc(S(=O)(=O)OC(Oc2cccc3c2OC2CCCC32)C(=O)O)cc1C. The summed E-state index contributed by atoms with van der Waals surface area (Å²) in [6.07, 6.45) is 1.03. The summed E-state index contributed by atoms with van der Waals surface area (Å²) in [5, 5.41) is 9.50. The second-order valence-electron chi connectivity index (χ2n) is 7.45. The Morgan fingerprint density at radius 3 is 2.69 bits per heavy atom. The molecular formula is C21H22O7S. The first-order valence-corrected chi connectivity index (χ1v) is 10.9. The fourth-order valence-corrected chi connectivity index (χ4v) is 4.90. The van der Waals surface area contributed by atoms with E-state index in [1.165, 1.54) is 12.1 Å². The normalized spacial score (nSPS) is 21.2. The van der Waals surface area contributed by atoms with Crippen LogP contribution in [0.2, 0.25) is 0 Å². The van der Waals surface area contributed by atoms with Crippen LogP contribution in [0.25, 0.3) is 0 Å². The predicted octanol–water partition coefficient (Wildman–Crippen LogP) is 3.53. The average molecular weight is 418 g/mol. The zero-order valence-electron chi connectivity index (χ0n) is 16.1. The molecule has 0 aromatic heterocycles. The van der Waals surface area contributed by atoms with E-state index in [2.05, 4.69) is 0 Å². The number of aliphatic carboxylic acids is 1. The summed E-state index contributed by atoms with van der Waals surface area (Å²) in [6.45, 7) is 3.61. The van der Waals surface area contributed by atoms with Crippen LogP contribution >= 0.6 is 0 Å². The molecule has 0 saturated heterocycles. The van der Waals surface area contributed by atoms with Crippen LogP contribution < -0.4 is 9.47 Å². The molecule has 3 unspecified atom stereocenters. The summed E-state index contributed by atoms with van der Waals surface area (Å²) in [5.74, 6) is -0.648. The Hall–Kier alpha value is -2.58. The van der Waals surface area contributed by atoms with E-state index in [1.54, 1.807) is 25.1 Å². The zero-order chi connectivity index (χ0) is 20.8. The third-order valence-corrected chi connectivity index (χ3v) is 6.81. The average Bonchev–Trinajstić information content (AvgIpc) is 3.25. The number of carbonyl (C=O) groups is 1. The third-order valence-electron chi connectivity index (χ3n) is 5.55. The number of rotatable bonds is 6. The minimum atomic E-state index is -4.34. The molecule has 2 aliphatic rings. The first-order chi connectivity index (χ1) is 13.8. The molecular weight excluding hydrogens is 396 g/mol. The van der Waals surface area contributed by atoms with E-state index >= 15 is 0 Å². The number of hydrogen-bond acceptors (Lipinski definition) is 6. The van der Waals surface area contributed by atoms with Crippen molar-refractivity contribution in [2.45, 2.75) is 56.3 Å². The van der Waals surface area contributed by atoms with Crippen molar-refractivity contribution >= 4 is 16.1 Å². The van der Waals surface area contributed by atoms with Gasteiger partial charge in [-0.3, -0.25) is 0 Å². The minimum absolute atomic E-state index is 0.0539. The first kappa shape index (κ1) is 19.7. The number of carboxylic acid groups (broad SMARTS) is 1. The third kappa shape index (κ3) is 3.70. The number of ether oxygens (including phenoxy) is 2. The number of benzene rings is 2. The number of carboxylic acids is 1. The number of hydrogen-bond donors (Lipinski definition) is 1. The molecule has 8 heteroatoms. The topological polar surface area (TPSA) is 99.1 Å². The van der Waals surface area contributed by atoms with E-state index < -0.39 is 22.4 Å². The van der Waals surface area contributed by atoms with Gasteiger partial charge >= 0.3 is 22.4 Å². The molecule has 0 bridgehead atoms. The van der Waals surface area contributed by atoms with Crippen LogP contribution in [0.15, 0.2) is 41.3 Å². The van der Waals surface area contributed by atoms with Gasteiger partial charge in [0.15, 0.2) is 11.5 Å². The maximum absolute atomic E-state index is 12.6. The van der Waals surface area contributed by atoms with Crippen molar-refractivity contribution in [3.05, 3.63) is 53.1 Å². The molecule has 0 amide bonds. The lowest BCUT2D eigenvalue weighted by molar-refractivity contribution is -0.158. The van der Waals surface area contributed by atoms with E-state index in [0.717, 1.165) is 36.0 Å². The van der Waals surface area contributed by atoms with Crippen LogP contribution in [0.4, 0.5) is 0 Å². The van der Waals surface area contributed by atoms with Crippen molar-refractivity contribution in [3.8, 4) is 11.5 Å². The molecule has 1 N–H and O–H groups in total. The summed E-state index contributed by atoms with van der Waals surface area (Å²) < 4.78 is 41.6. The Kier molecular flexibility index (Phi) is 5.00. The fraction of sp³-hybridized carbons (Fsp3) is 0.381. The molecule has 0 radical (unpaired) electrons. The molecule has 1 aliphatic carbocycles. The lowest BCUT2D eigenvalue weighted by atomic mass is 9.97. The van der Waals surface area contributed by atoms with Gasteiger partial charge in [0.2, 0.25) is 0 Å². The number of para-hydroxylation sites is 1. The summed E-state index contributed by atoms with van der Waals surface area (Å²) in [7, 11) is -4.34. The minimum Gasteiger partial charge on any atom is -0.486 e. The van der Waals surface area contributed by atoms with E-state index in [9.17, 15) is 18.3 Å². The summed E-state index contributed by atoms with van der Waals surface area (Å²) in [4.78, 5) is 11.5. The van der Waals surface area contributed by atoms with Crippen LogP contribution in [0.3, 0.4) is 0 Å². The maximum Gasteiger partial charge on any atom is 0.375 e. The van der Waals surface area contributed by atoms with Crippen molar-refractivity contribution < 1.29 is 32.0 Å². The fourth-order valence-electron chi connectivity index (χ4n) is 3.88. The molecule has 7 nitrogen and oxygen atoms in total. The van der Waals surface area contributed by atoms with E-state index in [4.69, 9.17) is 13.7 Å². The molecule has 1 aliphatic heterocycles. The largest absolute Gasteiger partial charge is 0.486 e. The van der Waals surface area contributed by atoms with Crippen LogP contribution in [-0.4, -0.2) is 31.9 Å². The van der Waals surface area contributed by atoms with Crippen LogP contribution in [-0.2, 0) is 19.1 Å². The second-order valence-corrected chi connectivity index (χ2v) is 9.02. The zero-order valence-corrected chi connectivity index (χ0v) is 16.9. The number of fused-ring (bicyclic) bond motifs is 3. The maximum atomic E-state index is 12.6. The lowest BCUT2D eigenvalue weighted by Gasteiger charge is -2.18. The van der Waals surface area contributed by atoms with E-state index in [-0.39, 0.29) is 22.7 Å². The summed E-state index contributed by atoms with van der Waals surface area (Å²) in [5.41, 5.74) is 2.63.